The summed E-state index contributed by atoms with van der Waals surface area (Å²) >= 11 is 0. The summed E-state index contributed by atoms with van der Waals surface area (Å²) in [6.45, 7) is 0.0669. The van der Waals surface area contributed by atoms with Gasteiger partial charge in [-0.15, -0.1) is 0 Å². The average molecular weight is 343 g/mol. The third kappa shape index (κ3) is 5.13. The third-order valence-electron chi connectivity index (χ3n) is 3.38. The van der Waals surface area contributed by atoms with Crippen LogP contribution in [0.15, 0.2) is 47.6 Å². The molecule has 0 aliphatic heterocycles. The Labute approximate surface area is 146 Å². The highest BCUT2D eigenvalue weighted by Crippen LogP contribution is 2.23. The van der Waals surface area contributed by atoms with Gasteiger partial charge in [-0.05, 0) is 24.3 Å². The summed E-state index contributed by atoms with van der Waals surface area (Å²) in [5.74, 6) is 1.67. The summed E-state index contributed by atoms with van der Waals surface area (Å²) in [6.07, 6.45) is 1.51. The van der Waals surface area contributed by atoms with Crippen molar-refractivity contribution in [1.82, 2.24) is 5.43 Å². The molecule has 7 nitrogen and oxygen atoms in total. The van der Waals surface area contributed by atoms with Gasteiger partial charge < -0.3 is 19.5 Å². The molecule has 0 saturated carbocycles. The van der Waals surface area contributed by atoms with Crippen LogP contribution < -0.4 is 25.0 Å². The van der Waals surface area contributed by atoms with Gasteiger partial charge in [-0.2, -0.15) is 5.10 Å². The number of rotatable bonds is 8. The number of benzene rings is 2. The van der Waals surface area contributed by atoms with Gasteiger partial charge in [0.1, 0.15) is 17.2 Å². The van der Waals surface area contributed by atoms with Crippen LogP contribution in [-0.2, 0) is 4.79 Å². The number of anilines is 1. The second-order valence-corrected chi connectivity index (χ2v) is 4.95. The highest BCUT2D eigenvalue weighted by atomic mass is 16.5. The number of nitrogens with zero attached hydrogens (tertiary/aromatic N) is 1. The van der Waals surface area contributed by atoms with Gasteiger partial charge in [0, 0.05) is 11.6 Å². The van der Waals surface area contributed by atoms with Gasteiger partial charge in [0.05, 0.1) is 39.8 Å². The van der Waals surface area contributed by atoms with Crippen LogP contribution in [0.2, 0.25) is 0 Å². The lowest BCUT2D eigenvalue weighted by atomic mass is 10.2. The Morgan fingerprint density at radius 3 is 2.52 bits per heavy atom. The smallest absolute Gasteiger partial charge is 0.259 e. The lowest BCUT2D eigenvalue weighted by Crippen LogP contribution is -2.26. The van der Waals surface area contributed by atoms with Crippen molar-refractivity contribution in [1.29, 1.82) is 0 Å². The first-order valence-corrected chi connectivity index (χ1v) is 7.58. The fraction of sp³-hybridized carbons (Fsp3) is 0.222. The molecule has 0 aliphatic rings. The minimum Gasteiger partial charge on any atom is -0.497 e. The highest BCUT2D eigenvalue weighted by Gasteiger charge is 2.05. The van der Waals surface area contributed by atoms with Crippen LogP contribution in [0, 0.1) is 0 Å². The predicted octanol–water partition coefficient (Wildman–Crippen LogP) is 2.27. The zero-order valence-electron chi connectivity index (χ0n) is 14.4. The maximum absolute atomic E-state index is 11.9. The van der Waals surface area contributed by atoms with Crippen LogP contribution in [0.4, 0.5) is 5.69 Å². The number of nitrogens with one attached hydrogen (secondary N) is 2. The summed E-state index contributed by atoms with van der Waals surface area (Å²) < 4.78 is 15.6. The van der Waals surface area contributed by atoms with E-state index in [1.807, 2.05) is 24.3 Å². The van der Waals surface area contributed by atoms with E-state index in [-0.39, 0.29) is 12.5 Å². The molecule has 2 aromatic rings. The van der Waals surface area contributed by atoms with Crippen LogP contribution >= 0.6 is 0 Å². The number of para-hydroxylation sites is 2. The van der Waals surface area contributed by atoms with Crippen LogP contribution in [0.25, 0.3) is 0 Å². The van der Waals surface area contributed by atoms with E-state index >= 15 is 0 Å². The Hall–Kier alpha value is -3.22. The average Bonchev–Trinajstić information content (AvgIpc) is 2.66. The molecule has 0 unspecified atom stereocenters. The molecule has 0 radical (unpaired) electrons. The molecule has 0 spiro atoms. The van der Waals surface area contributed by atoms with Crippen LogP contribution in [0.5, 0.6) is 17.2 Å². The second-order valence-electron chi connectivity index (χ2n) is 4.95. The van der Waals surface area contributed by atoms with E-state index in [9.17, 15) is 4.79 Å². The number of hydrazone groups is 1. The van der Waals surface area contributed by atoms with Gasteiger partial charge in [0.25, 0.3) is 5.91 Å². The Morgan fingerprint density at radius 1 is 1.04 bits per heavy atom. The first-order valence-electron chi connectivity index (χ1n) is 7.58. The van der Waals surface area contributed by atoms with Gasteiger partial charge in [0.15, 0.2) is 0 Å². The lowest BCUT2D eigenvalue weighted by molar-refractivity contribution is -0.119. The van der Waals surface area contributed by atoms with Crippen molar-refractivity contribution in [3.05, 3.63) is 48.0 Å². The normalized spacial score (nSPS) is 10.4. The number of amides is 1. The number of hydrogen-bond donors (Lipinski definition) is 2. The van der Waals surface area contributed by atoms with Gasteiger partial charge in [-0.1, -0.05) is 12.1 Å². The molecule has 1 amide bonds. The maximum Gasteiger partial charge on any atom is 0.259 e. The molecule has 0 saturated heterocycles. The third-order valence-corrected chi connectivity index (χ3v) is 3.38. The fourth-order valence-corrected chi connectivity index (χ4v) is 2.10. The molecule has 0 atom stereocenters. The van der Waals surface area contributed by atoms with Crippen molar-refractivity contribution in [2.24, 2.45) is 5.10 Å². The molecule has 7 heteroatoms. The van der Waals surface area contributed by atoms with E-state index in [1.165, 1.54) is 6.21 Å². The molecule has 25 heavy (non-hydrogen) atoms. The second kappa shape index (κ2) is 9.17. The Bertz CT molecular complexity index is 747. The quantitative estimate of drug-likeness (QED) is 0.568. The van der Waals surface area contributed by atoms with Crippen molar-refractivity contribution in [2.45, 2.75) is 0 Å². The van der Waals surface area contributed by atoms with E-state index < -0.39 is 0 Å². The summed E-state index contributed by atoms with van der Waals surface area (Å²) in [7, 11) is 4.71. The van der Waals surface area contributed by atoms with Gasteiger partial charge in [-0.25, -0.2) is 5.43 Å². The van der Waals surface area contributed by atoms with Crippen LogP contribution in [0.1, 0.15) is 5.56 Å². The molecule has 0 aliphatic carbocycles. The maximum atomic E-state index is 11.9. The van der Waals surface area contributed by atoms with E-state index in [4.69, 9.17) is 14.2 Å². The number of carbonyl (C=O) groups excluding carboxylic acids is 1. The SMILES string of the molecule is COc1ccc(C=NNC(=O)CNc2ccccc2OC)c(OC)c1. The number of methoxy groups -OCH3 is 3. The molecular formula is C18H21N3O4. The Balaban J connectivity index is 1.90. The van der Waals surface area contributed by atoms with E-state index in [0.29, 0.717) is 17.2 Å². The predicted molar refractivity (Wildman–Crippen MR) is 96.8 cm³/mol. The minimum absolute atomic E-state index is 0.0669. The first kappa shape index (κ1) is 18.1. The molecule has 2 rings (SSSR count). The molecule has 2 aromatic carbocycles. The van der Waals surface area contributed by atoms with E-state index in [2.05, 4.69) is 15.8 Å². The number of carbonyl (C=O) groups is 1. The molecule has 2 N–H and O–H groups in total. The largest absolute Gasteiger partial charge is 0.497 e. The minimum atomic E-state index is -0.283. The molecule has 0 heterocycles. The summed E-state index contributed by atoms with van der Waals surface area (Å²) in [4.78, 5) is 11.9. The van der Waals surface area contributed by atoms with Crippen molar-refractivity contribution in [3.8, 4) is 17.2 Å². The van der Waals surface area contributed by atoms with Crippen molar-refractivity contribution in [2.75, 3.05) is 33.2 Å². The number of hydrogen-bond acceptors (Lipinski definition) is 6. The highest BCUT2D eigenvalue weighted by molar-refractivity contribution is 5.86. The van der Waals surface area contributed by atoms with E-state index in [1.54, 1.807) is 39.5 Å². The van der Waals surface area contributed by atoms with Gasteiger partial charge in [-0.3, -0.25) is 4.79 Å². The zero-order chi connectivity index (χ0) is 18.1. The molecule has 132 valence electrons. The van der Waals surface area contributed by atoms with Crippen molar-refractivity contribution >= 4 is 17.8 Å². The summed E-state index contributed by atoms with van der Waals surface area (Å²) in [5, 5.41) is 6.94. The van der Waals surface area contributed by atoms with Gasteiger partial charge >= 0.3 is 0 Å². The zero-order valence-corrected chi connectivity index (χ0v) is 14.4. The summed E-state index contributed by atoms with van der Waals surface area (Å²) in [6, 6.07) is 12.7. The standard InChI is InChI=1S/C18H21N3O4/c1-23-14-9-8-13(17(10-14)25-3)11-20-21-18(22)12-19-15-6-4-5-7-16(15)24-2/h4-11,19H,12H2,1-3H3,(H,21,22). The lowest BCUT2D eigenvalue weighted by Gasteiger charge is -2.10. The summed E-state index contributed by atoms with van der Waals surface area (Å²) in [5.41, 5.74) is 3.92. The molecular weight excluding hydrogens is 322 g/mol. The van der Waals surface area contributed by atoms with Gasteiger partial charge in [0.2, 0.25) is 0 Å². The first-order chi connectivity index (χ1) is 12.2. The van der Waals surface area contributed by atoms with Crippen LogP contribution in [-0.4, -0.2) is 40.0 Å². The Kier molecular flexibility index (Phi) is 6.65. The molecule has 0 bridgehead atoms. The fourth-order valence-electron chi connectivity index (χ4n) is 2.10. The van der Waals surface area contributed by atoms with E-state index in [0.717, 1.165) is 11.3 Å². The van der Waals surface area contributed by atoms with Crippen molar-refractivity contribution in [3.63, 3.8) is 0 Å². The molecule has 0 aromatic heterocycles. The number of ether oxygens (including phenoxy) is 3. The van der Waals surface area contributed by atoms with Crippen molar-refractivity contribution < 1.29 is 19.0 Å². The van der Waals surface area contributed by atoms with Crippen LogP contribution in [0.3, 0.4) is 0 Å². The Morgan fingerprint density at radius 2 is 1.80 bits per heavy atom. The topological polar surface area (TPSA) is 81.2 Å². The monoisotopic (exact) mass is 343 g/mol. The molecule has 0 fully saturated rings.